The van der Waals surface area contributed by atoms with E-state index in [9.17, 15) is 4.79 Å². The maximum atomic E-state index is 12.0. The lowest BCUT2D eigenvalue weighted by molar-refractivity contribution is 0.0992. The van der Waals surface area contributed by atoms with Gasteiger partial charge in [0, 0.05) is 26.0 Å². The van der Waals surface area contributed by atoms with Gasteiger partial charge < -0.3 is 9.47 Å². The number of hydrogen-bond acceptors (Lipinski definition) is 2. The van der Waals surface area contributed by atoms with Crippen molar-refractivity contribution in [2.75, 3.05) is 18.5 Å². The fraction of sp³-hybridized carbons (Fsp3) is 0.214. The van der Waals surface area contributed by atoms with Crippen molar-refractivity contribution >= 4 is 11.5 Å². The van der Waals surface area contributed by atoms with Gasteiger partial charge in [0.05, 0.1) is 12.2 Å². The van der Waals surface area contributed by atoms with E-state index in [4.69, 9.17) is 0 Å². The first-order valence-corrected chi connectivity index (χ1v) is 5.59. The number of Topliss-reactive ketones (excluding diaryl/α,β-unsaturated/α-hetero) is 1. The normalized spacial score (nSPS) is 10.2. The van der Waals surface area contributed by atoms with E-state index in [-0.39, 0.29) is 5.78 Å². The molecule has 2 aromatic rings. The third kappa shape index (κ3) is 2.56. The first-order valence-electron chi connectivity index (χ1n) is 5.59. The smallest absolute Gasteiger partial charge is 0.198 e. The minimum absolute atomic E-state index is 0.129. The number of carbonyl (C=O) groups is 1. The lowest BCUT2D eigenvalue weighted by Crippen LogP contribution is -2.26. The molecular formula is C14H16N2O. The van der Waals surface area contributed by atoms with E-state index in [2.05, 4.69) is 0 Å². The van der Waals surface area contributed by atoms with Gasteiger partial charge in [-0.05, 0) is 24.3 Å². The van der Waals surface area contributed by atoms with Crippen LogP contribution in [0.5, 0.6) is 0 Å². The number of ketones is 1. The molecule has 0 spiro atoms. The highest BCUT2D eigenvalue weighted by atomic mass is 16.1. The molecule has 0 atom stereocenters. The lowest BCUT2D eigenvalue weighted by atomic mass is 10.2. The highest BCUT2D eigenvalue weighted by Crippen LogP contribution is 2.12. The van der Waals surface area contributed by atoms with E-state index in [0.29, 0.717) is 6.54 Å². The van der Waals surface area contributed by atoms with E-state index in [0.717, 1.165) is 11.4 Å². The Balaban J connectivity index is 2.08. The SMILES string of the molecule is CN(CC(=O)c1cccn1C)c1ccccc1. The second-order valence-corrected chi connectivity index (χ2v) is 4.12. The molecule has 1 aromatic carbocycles. The second-order valence-electron chi connectivity index (χ2n) is 4.12. The third-order valence-electron chi connectivity index (χ3n) is 2.81. The number of benzene rings is 1. The zero-order valence-corrected chi connectivity index (χ0v) is 10.1. The fourth-order valence-corrected chi connectivity index (χ4v) is 1.82. The van der Waals surface area contributed by atoms with Crippen LogP contribution in [0.2, 0.25) is 0 Å². The molecule has 2 rings (SSSR count). The van der Waals surface area contributed by atoms with Gasteiger partial charge in [-0.25, -0.2) is 0 Å². The molecule has 0 aliphatic rings. The molecule has 3 nitrogen and oxygen atoms in total. The lowest BCUT2D eigenvalue weighted by Gasteiger charge is -2.18. The molecule has 0 bridgehead atoms. The predicted octanol–water partition coefficient (Wildman–Crippen LogP) is 2.34. The molecule has 0 amide bonds. The van der Waals surface area contributed by atoms with Crippen LogP contribution in [0.15, 0.2) is 48.7 Å². The topological polar surface area (TPSA) is 25.2 Å². The zero-order chi connectivity index (χ0) is 12.3. The summed E-state index contributed by atoms with van der Waals surface area (Å²) in [7, 11) is 3.81. The molecule has 0 aliphatic heterocycles. The number of nitrogens with zero attached hydrogens (tertiary/aromatic N) is 2. The van der Waals surface area contributed by atoms with E-state index >= 15 is 0 Å². The average Bonchev–Trinajstić information content (AvgIpc) is 2.76. The maximum absolute atomic E-state index is 12.0. The monoisotopic (exact) mass is 228 g/mol. The van der Waals surface area contributed by atoms with Crippen LogP contribution in [0.1, 0.15) is 10.5 Å². The minimum atomic E-state index is 0.129. The van der Waals surface area contributed by atoms with E-state index < -0.39 is 0 Å². The molecular weight excluding hydrogens is 212 g/mol. The van der Waals surface area contributed by atoms with Crippen molar-refractivity contribution < 1.29 is 4.79 Å². The first kappa shape index (κ1) is 11.5. The molecule has 0 aliphatic carbocycles. The maximum Gasteiger partial charge on any atom is 0.198 e. The Morgan fingerprint density at radius 2 is 1.88 bits per heavy atom. The van der Waals surface area contributed by atoms with Gasteiger partial charge in [0.2, 0.25) is 0 Å². The van der Waals surface area contributed by atoms with Crippen LogP contribution in [-0.4, -0.2) is 23.9 Å². The van der Waals surface area contributed by atoms with Gasteiger partial charge >= 0.3 is 0 Å². The van der Waals surface area contributed by atoms with Crippen LogP contribution in [0.25, 0.3) is 0 Å². The van der Waals surface area contributed by atoms with Crippen molar-refractivity contribution in [1.82, 2.24) is 4.57 Å². The zero-order valence-electron chi connectivity index (χ0n) is 10.1. The number of likely N-dealkylation sites (N-methyl/N-ethyl adjacent to an activating group) is 1. The average molecular weight is 228 g/mol. The summed E-state index contributed by atoms with van der Waals surface area (Å²) in [6.07, 6.45) is 1.88. The number of para-hydroxylation sites is 1. The molecule has 17 heavy (non-hydrogen) atoms. The van der Waals surface area contributed by atoms with Crippen molar-refractivity contribution in [3.8, 4) is 0 Å². The Labute approximate surface area is 101 Å². The highest BCUT2D eigenvalue weighted by Gasteiger charge is 2.11. The quantitative estimate of drug-likeness (QED) is 0.750. The van der Waals surface area contributed by atoms with Crippen LogP contribution >= 0.6 is 0 Å². The summed E-state index contributed by atoms with van der Waals surface area (Å²) in [5.74, 6) is 0.129. The van der Waals surface area contributed by atoms with Gasteiger partial charge in [0.1, 0.15) is 0 Å². The molecule has 0 radical (unpaired) electrons. The van der Waals surface area contributed by atoms with Crippen molar-refractivity contribution in [2.24, 2.45) is 7.05 Å². The van der Waals surface area contributed by atoms with Crippen molar-refractivity contribution in [3.63, 3.8) is 0 Å². The van der Waals surface area contributed by atoms with Crippen LogP contribution in [0.3, 0.4) is 0 Å². The number of carbonyl (C=O) groups excluding carboxylic acids is 1. The number of aryl methyl sites for hydroxylation is 1. The Kier molecular flexibility index (Phi) is 3.28. The van der Waals surface area contributed by atoms with Crippen molar-refractivity contribution in [3.05, 3.63) is 54.4 Å². The van der Waals surface area contributed by atoms with E-state index in [1.165, 1.54) is 0 Å². The Hall–Kier alpha value is -2.03. The van der Waals surface area contributed by atoms with E-state index in [1.807, 2.05) is 72.2 Å². The number of rotatable bonds is 4. The van der Waals surface area contributed by atoms with Gasteiger partial charge in [-0.2, -0.15) is 0 Å². The fourth-order valence-electron chi connectivity index (χ4n) is 1.82. The largest absolute Gasteiger partial charge is 0.367 e. The van der Waals surface area contributed by atoms with E-state index in [1.54, 1.807) is 0 Å². The molecule has 0 saturated heterocycles. The summed E-state index contributed by atoms with van der Waals surface area (Å²) in [5.41, 5.74) is 1.79. The standard InChI is InChI=1S/C14H16N2O/c1-15-10-6-9-13(15)14(17)11-16(2)12-7-4-3-5-8-12/h3-10H,11H2,1-2H3. The second kappa shape index (κ2) is 4.87. The minimum Gasteiger partial charge on any atom is -0.367 e. The number of anilines is 1. The van der Waals surface area contributed by atoms with Gasteiger partial charge in [-0.15, -0.1) is 0 Å². The van der Waals surface area contributed by atoms with Crippen molar-refractivity contribution in [1.29, 1.82) is 0 Å². The molecule has 0 saturated carbocycles. The molecule has 0 N–H and O–H groups in total. The Morgan fingerprint density at radius 1 is 1.18 bits per heavy atom. The van der Waals surface area contributed by atoms with Crippen LogP contribution in [0, 0.1) is 0 Å². The predicted molar refractivity (Wildman–Crippen MR) is 69.5 cm³/mol. The molecule has 0 unspecified atom stereocenters. The van der Waals surface area contributed by atoms with Crippen LogP contribution < -0.4 is 4.90 Å². The van der Waals surface area contributed by atoms with Crippen LogP contribution in [0.4, 0.5) is 5.69 Å². The number of aromatic nitrogens is 1. The summed E-state index contributed by atoms with van der Waals surface area (Å²) in [5, 5.41) is 0. The summed E-state index contributed by atoms with van der Waals surface area (Å²) >= 11 is 0. The van der Waals surface area contributed by atoms with Crippen LogP contribution in [-0.2, 0) is 7.05 Å². The molecule has 88 valence electrons. The van der Waals surface area contributed by atoms with Gasteiger partial charge in [0.25, 0.3) is 0 Å². The summed E-state index contributed by atoms with van der Waals surface area (Å²) < 4.78 is 1.85. The summed E-state index contributed by atoms with van der Waals surface area (Å²) in [6, 6.07) is 13.6. The summed E-state index contributed by atoms with van der Waals surface area (Å²) in [4.78, 5) is 14.0. The molecule has 0 fully saturated rings. The van der Waals surface area contributed by atoms with Gasteiger partial charge in [0.15, 0.2) is 5.78 Å². The Bertz CT molecular complexity index is 502. The third-order valence-corrected chi connectivity index (χ3v) is 2.81. The Morgan fingerprint density at radius 3 is 2.47 bits per heavy atom. The molecule has 1 heterocycles. The molecule has 1 aromatic heterocycles. The summed E-state index contributed by atoms with van der Waals surface area (Å²) in [6.45, 7) is 0.391. The van der Waals surface area contributed by atoms with Gasteiger partial charge in [-0.3, -0.25) is 4.79 Å². The van der Waals surface area contributed by atoms with Crippen molar-refractivity contribution in [2.45, 2.75) is 0 Å². The number of hydrogen-bond donors (Lipinski definition) is 0. The molecule has 3 heteroatoms. The van der Waals surface area contributed by atoms with Gasteiger partial charge in [-0.1, -0.05) is 18.2 Å². The first-order chi connectivity index (χ1) is 8.18. The highest BCUT2D eigenvalue weighted by molar-refractivity contribution is 5.97.